The molecular weight excluding hydrogens is 356 g/mol. The Morgan fingerprint density at radius 3 is 2.64 bits per heavy atom. The van der Waals surface area contributed by atoms with E-state index in [1.165, 1.54) is 10.7 Å². The van der Waals surface area contributed by atoms with E-state index in [2.05, 4.69) is 31.8 Å². The van der Waals surface area contributed by atoms with Crippen molar-refractivity contribution in [2.45, 2.75) is 19.9 Å². The molecule has 1 atom stereocenters. The zero-order valence-corrected chi connectivity index (χ0v) is 16.1. The molecule has 1 N–H and O–H groups in total. The fourth-order valence-corrected chi connectivity index (χ4v) is 3.61. The number of H-pyrrole nitrogens is 1. The summed E-state index contributed by atoms with van der Waals surface area (Å²) in [6.45, 7) is 8.49. The van der Waals surface area contributed by atoms with E-state index < -0.39 is 6.04 Å². The minimum absolute atomic E-state index is 0.189. The Hall–Kier alpha value is -3.00. The number of rotatable bonds is 4. The zero-order chi connectivity index (χ0) is 19.7. The lowest BCUT2D eigenvalue weighted by Crippen LogP contribution is -2.47. The molecule has 4 rings (SSSR count). The highest BCUT2D eigenvalue weighted by Crippen LogP contribution is 2.17. The molecule has 0 aliphatic carbocycles. The third-order valence-corrected chi connectivity index (χ3v) is 5.38. The van der Waals surface area contributed by atoms with Gasteiger partial charge in [0.15, 0.2) is 0 Å². The first-order valence-electron chi connectivity index (χ1n) is 9.62. The third-order valence-electron chi connectivity index (χ3n) is 5.38. The van der Waals surface area contributed by atoms with Crippen LogP contribution in [0.4, 0.5) is 5.95 Å². The maximum absolute atomic E-state index is 12.9. The van der Waals surface area contributed by atoms with Crippen LogP contribution in [0.3, 0.4) is 0 Å². The Labute approximate surface area is 162 Å². The first kappa shape index (κ1) is 18.4. The number of hydrogen-bond acceptors (Lipinski definition) is 6. The molecule has 0 saturated carbocycles. The molecule has 0 radical (unpaired) electrons. The summed E-state index contributed by atoms with van der Waals surface area (Å²) in [4.78, 5) is 37.1. The minimum atomic E-state index is -0.449. The Morgan fingerprint density at radius 1 is 1.14 bits per heavy atom. The normalized spacial score (nSPS) is 16.4. The lowest BCUT2D eigenvalue weighted by molar-refractivity contribution is 0.269. The van der Waals surface area contributed by atoms with Gasteiger partial charge in [-0.25, -0.2) is 9.67 Å². The second-order valence-corrected chi connectivity index (χ2v) is 7.07. The summed E-state index contributed by atoms with van der Waals surface area (Å²) < 4.78 is 1.39. The zero-order valence-electron chi connectivity index (χ0n) is 16.1. The average molecular weight is 380 g/mol. The van der Waals surface area contributed by atoms with Crippen molar-refractivity contribution in [2.24, 2.45) is 0 Å². The molecule has 1 aromatic carbocycles. The van der Waals surface area contributed by atoms with E-state index >= 15 is 0 Å². The number of piperazine rings is 1. The van der Waals surface area contributed by atoms with Gasteiger partial charge in [0, 0.05) is 37.6 Å². The molecule has 1 saturated heterocycles. The van der Waals surface area contributed by atoms with Crippen LogP contribution in [0.25, 0.3) is 10.8 Å². The standard InChI is InChI=1S/C20H24N6O2/c1-3-24-8-10-25(11-9-24)20-22-17(12-18(27)23-20)14(2)26-19(28)16-7-5-4-6-15(16)13-21-26/h4-7,12-14H,3,8-11H2,1-2H3,(H,22,23,27). The Morgan fingerprint density at radius 2 is 1.89 bits per heavy atom. The van der Waals surface area contributed by atoms with Crippen molar-refractivity contribution in [3.05, 3.63) is 62.9 Å². The molecule has 1 unspecified atom stereocenters. The largest absolute Gasteiger partial charge is 0.340 e. The fraction of sp³-hybridized carbons (Fsp3) is 0.400. The smallest absolute Gasteiger partial charge is 0.275 e. The van der Waals surface area contributed by atoms with Crippen LogP contribution < -0.4 is 16.0 Å². The molecule has 28 heavy (non-hydrogen) atoms. The van der Waals surface area contributed by atoms with Gasteiger partial charge >= 0.3 is 0 Å². The maximum atomic E-state index is 12.9. The molecule has 1 fully saturated rings. The number of fused-ring (bicyclic) bond motifs is 1. The van der Waals surface area contributed by atoms with Crippen LogP contribution >= 0.6 is 0 Å². The number of likely N-dealkylation sites (N-methyl/N-ethyl adjacent to an activating group) is 1. The second-order valence-electron chi connectivity index (χ2n) is 7.07. The van der Waals surface area contributed by atoms with Gasteiger partial charge in [-0.05, 0) is 19.5 Å². The SMILES string of the molecule is CCN1CCN(c2nc(C(C)n3ncc4ccccc4c3=O)cc(=O)[nH]2)CC1. The topological polar surface area (TPSA) is 87.1 Å². The maximum Gasteiger partial charge on any atom is 0.275 e. The van der Waals surface area contributed by atoms with Crippen molar-refractivity contribution in [1.82, 2.24) is 24.6 Å². The van der Waals surface area contributed by atoms with Crippen LogP contribution in [0, 0.1) is 0 Å². The van der Waals surface area contributed by atoms with Gasteiger partial charge in [-0.1, -0.05) is 25.1 Å². The molecule has 1 aliphatic heterocycles. The van der Waals surface area contributed by atoms with Gasteiger partial charge in [-0.15, -0.1) is 0 Å². The van der Waals surface area contributed by atoms with Crippen LogP contribution in [-0.4, -0.2) is 57.4 Å². The molecule has 3 heterocycles. The average Bonchev–Trinajstić information content (AvgIpc) is 2.73. The lowest BCUT2D eigenvalue weighted by Gasteiger charge is -2.34. The van der Waals surface area contributed by atoms with Gasteiger partial charge in [0.25, 0.3) is 11.1 Å². The van der Waals surface area contributed by atoms with Crippen molar-refractivity contribution in [3.8, 4) is 0 Å². The summed E-state index contributed by atoms with van der Waals surface area (Å²) in [6.07, 6.45) is 1.67. The summed E-state index contributed by atoms with van der Waals surface area (Å²) in [5, 5.41) is 5.70. The first-order valence-corrected chi connectivity index (χ1v) is 9.62. The number of hydrogen-bond donors (Lipinski definition) is 1. The summed E-state index contributed by atoms with van der Waals surface area (Å²) in [5.41, 5.74) is 0.117. The molecule has 8 nitrogen and oxygen atoms in total. The number of nitrogens with one attached hydrogen (secondary N) is 1. The van der Waals surface area contributed by atoms with Crippen LogP contribution in [0.2, 0.25) is 0 Å². The van der Waals surface area contributed by atoms with Gasteiger partial charge < -0.3 is 9.80 Å². The monoisotopic (exact) mass is 380 g/mol. The van der Waals surface area contributed by atoms with Crippen LogP contribution in [0.5, 0.6) is 0 Å². The van der Waals surface area contributed by atoms with Crippen molar-refractivity contribution < 1.29 is 0 Å². The third kappa shape index (κ3) is 3.43. The molecule has 1 aliphatic rings. The Kier molecular flexibility index (Phi) is 4.95. The number of nitrogens with zero attached hydrogens (tertiary/aromatic N) is 5. The molecule has 3 aromatic rings. The van der Waals surface area contributed by atoms with E-state index in [9.17, 15) is 9.59 Å². The predicted molar refractivity (Wildman–Crippen MR) is 109 cm³/mol. The predicted octanol–water partition coefficient (Wildman–Crippen LogP) is 1.23. The first-order chi connectivity index (χ1) is 13.6. The van der Waals surface area contributed by atoms with E-state index in [4.69, 9.17) is 0 Å². The van der Waals surface area contributed by atoms with Gasteiger partial charge in [-0.2, -0.15) is 5.10 Å². The van der Waals surface area contributed by atoms with Crippen LogP contribution in [-0.2, 0) is 0 Å². The van der Waals surface area contributed by atoms with Gasteiger partial charge in [0.05, 0.1) is 23.3 Å². The lowest BCUT2D eigenvalue weighted by atomic mass is 10.2. The van der Waals surface area contributed by atoms with Crippen molar-refractivity contribution in [3.63, 3.8) is 0 Å². The molecule has 2 aromatic heterocycles. The highest BCUT2D eigenvalue weighted by atomic mass is 16.1. The molecule has 0 spiro atoms. The molecular formula is C20H24N6O2. The van der Waals surface area contributed by atoms with Crippen LogP contribution in [0.1, 0.15) is 25.6 Å². The summed E-state index contributed by atoms with van der Waals surface area (Å²) >= 11 is 0. The van der Waals surface area contributed by atoms with E-state index in [1.807, 2.05) is 25.1 Å². The van der Waals surface area contributed by atoms with Crippen molar-refractivity contribution in [2.75, 3.05) is 37.6 Å². The van der Waals surface area contributed by atoms with Gasteiger partial charge in [0.2, 0.25) is 5.95 Å². The van der Waals surface area contributed by atoms with Crippen LogP contribution in [0.15, 0.2) is 46.1 Å². The summed E-state index contributed by atoms with van der Waals surface area (Å²) in [5.74, 6) is 0.555. The van der Waals surface area contributed by atoms with E-state index in [0.29, 0.717) is 17.0 Å². The Bertz CT molecular complexity index is 1100. The second kappa shape index (κ2) is 7.55. The molecule has 0 amide bonds. The van der Waals surface area contributed by atoms with Gasteiger partial charge in [-0.3, -0.25) is 14.6 Å². The Balaban J connectivity index is 1.68. The number of anilines is 1. The number of aromatic nitrogens is 4. The van der Waals surface area contributed by atoms with E-state index in [0.717, 1.165) is 38.1 Å². The summed E-state index contributed by atoms with van der Waals surface area (Å²) in [7, 11) is 0. The minimum Gasteiger partial charge on any atom is -0.340 e. The molecule has 8 heteroatoms. The van der Waals surface area contributed by atoms with Crippen molar-refractivity contribution >= 4 is 16.7 Å². The van der Waals surface area contributed by atoms with E-state index in [-0.39, 0.29) is 11.1 Å². The quantitative estimate of drug-likeness (QED) is 0.733. The van der Waals surface area contributed by atoms with E-state index in [1.54, 1.807) is 12.3 Å². The summed E-state index contributed by atoms with van der Waals surface area (Å²) in [6, 6.07) is 8.35. The number of aromatic amines is 1. The molecule has 0 bridgehead atoms. The van der Waals surface area contributed by atoms with Gasteiger partial charge in [0.1, 0.15) is 0 Å². The highest BCUT2D eigenvalue weighted by molar-refractivity contribution is 5.80. The fourth-order valence-electron chi connectivity index (χ4n) is 3.61. The van der Waals surface area contributed by atoms with Crippen molar-refractivity contribution in [1.29, 1.82) is 0 Å². The number of benzene rings is 1. The highest BCUT2D eigenvalue weighted by Gasteiger charge is 2.20. The molecule has 146 valence electrons.